The average Bonchev–Trinajstić information content (AvgIpc) is 2.75. The van der Waals surface area contributed by atoms with Gasteiger partial charge in [-0.3, -0.25) is 4.79 Å². The minimum absolute atomic E-state index is 0.301. The maximum absolute atomic E-state index is 11.9. The molecule has 4 nitrogen and oxygen atoms in total. The highest BCUT2D eigenvalue weighted by Crippen LogP contribution is 2.38. The Morgan fingerprint density at radius 2 is 2.05 bits per heavy atom. The van der Waals surface area contributed by atoms with Crippen molar-refractivity contribution in [1.29, 1.82) is 0 Å². The van der Waals surface area contributed by atoms with Gasteiger partial charge in [-0.25, -0.2) is 4.79 Å². The maximum Gasteiger partial charge on any atom is 0.341 e. The molecule has 0 spiro atoms. The largest absolute Gasteiger partial charge is 0.465 e. The van der Waals surface area contributed by atoms with Crippen LogP contribution < -0.4 is 5.32 Å². The van der Waals surface area contributed by atoms with Crippen molar-refractivity contribution < 1.29 is 14.3 Å². The van der Waals surface area contributed by atoms with Gasteiger partial charge in [-0.05, 0) is 38.2 Å². The second kappa shape index (κ2) is 5.92. The number of carbonyl (C=O) groups excluding carboxylic acids is 2. The quantitative estimate of drug-likeness (QED) is 0.690. The number of esters is 1. The number of ether oxygens (including phenoxy) is 1. The summed E-state index contributed by atoms with van der Waals surface area (Å²) in [4.78, 5) is 24.8. The van der Waals surface area contributed by atoms with Gasteiger partial charge in [-0.1, -0.05) is 0 Å². The summed E-state index contributed by atoms with van der Waals surface area (Å²) in [6.07, 6.45) is 4.00. The van der Waals surface area contributed by atoms with Crippen molar-refractivity contribution in [2.24, 2.45) is 0 Å². The number of carbonyl (C=O) groups is 2. The number of alkyl halides is 1. The third-order valence-electron chi connectivity index (χ3n) is 3.16. The fourth-order valence-electron chi connectivity index (χ4n) is 2.18. The van der Waals surface area contributed by atoms with E-state index in [2.05, 4.69) is 5.32 Å². The minimum Gasteiger partial charge on any atom is -0.465 e. The van der Waals surface area contributed by atoms with Crippen molar-refractivity contribution in [2.45, 2.75) is 38.0 Å². The lowest BCUT2D eigenvalue weighted by Crippen LogP contribution is -2.21. The third-order valence-corrected chi connectivity index (χ3v) is 4.56. The summed E-state index contributed by atoms with van der Waals surface area (Å²) in [6.45, 7) is 1.60. The Morgan fingerprint density at radius 3 is 2.68 bits per heavy atom. The Bertz CT molecular complexity index is 510. The van der Waals surface area contributed by atoms with Gasteiger partial charge < -0.3 is 10.1 Å². The molecule has 0 aliphatic heterocycles. The third kappa shape index (κ3) is 2.92. The van der Waals surface area contributed by atoms with Gasteiger partial charge in [0.2, 0.25) is 5.91 Å². The van der Waals surface area contributed by atoms with Gasteiger partial charge in [0.25, 0.3) is 0 Å². The molecule has 104 valence electrons. The zero-order valence-electron chi connectivity index (χ0n) is 10.9. The van der Waals surface area contributed by atoms with Crippen molar-refractivity contribution in [3.8, 4) is 0 Å². The number of methoxy groups -OCH3 is 1. The highest BCUT2D eigenvalue weighted by Gasteiger charge is 2.27. The number of aryl methyl sites for hydroxylation is 1. The molecular weight excluding hydrogens is 286 g/mol. The Balaban J connectivity index is 2.39. The smallest absolute Gasteiger partial charge is 0.341 e. The lowest BCUT2D eigenvalue weighted by molar-refractivity contribution is -0.115. The Hall–Kier alpha value is -1.07. The number of amides is 1. The normalized spacial score (nSPS) is 15.5. The van der Waals surface area contributed by atoms with Gasteiger partial charge in [-0.2, -0.15) is 0 Å². The van der Waals surface area contributed by atoms with Gasteiger partial charge in [-0.15, -0.1) is 22.9 Å². The SMILES string of the molecule is COC(=O)c1c(NC(=O)[C@@H](C)Cl)sc2c1CCCC2. The molecule has 1 aliphatic rings. The van der Waals surface area contributed by atoms with E-state index in [0.717, 1.165) is 31.2 Å². The summed E-state index contributed by atoms with van der Waals surface area (Å²) >= 11 is 7.21. The first-order valence-corrected chi connectivity index (χ1v) is 7.47. The van der Waals surface area contributed by atoms with E-state index in [1.54, 1.807) is 6.92 Å². The fraction of sp³-hybridized carbons (Fsp3) is 0.538. The van der Waals surface area contributed by atoms with Gasteiger partial charge in [0, 0.05) is 4.88 Å². The predicted molar refractivity (Wildman–Crippen MR) is 76.2 cm³/mol. The van der Waals surface area contributed by atoms with E-state index in [1.807, 2.05) is 0 Å². The summed E-state index contributed by atoms with van der Waals surface area (Å²) in [5, 5.41) is 2.66. The molecule has 6 heteroatoms. The van der Waals surface area contributed by atoms with Gasteiger partial charge >= 0.3 is 5.97 Å². The number of nitrogens with one attached hydrogen (secondary N) is 1. The molecule has 0 fully saturated rings. The molecule has 1 atom stereocenters. The van der Waals surface area contributed by atoms with E-state index < -0.39 is 11.3 Å². The number of thiophene rings is 1. The van der Waals surface area contributed by atoms with Gasteiger partial charge in [0.15, 0.2) is 0 Å². The monoisotopic (exact) mass is 301 g/mol. The number of hydrogen-bond acceptors (Lipinski definition) is 4. The van der Waals surface area contributed by atoms with E-state index in [1.165, 1.54) is 23.3 Å². The van der Waals surface area contributed by atoms with Gasteiger partial charge in [0.1, 0.15) is 10.4 Å². The summed E-state index contributed by atoms with van der Waals surface area (Å²) in [5.41, 5.74) is 1.54. The van der Waals surface area contributed by atoms with E-state index in [9.17, 15) is 9.59 Å². The first-order chi connectivity index (χ1) is 9.04. The summed E-state index contributed by atoms with van der Waals surface area (Å²) in [5.74, 6) is -0.692. The molecule has 1 aromatic rings. The molecule has 0 saturated heterocycles. The van der Waals surface area contributed by atoms with Crippen LogP contribution in [0, 0.1) is 0 Å². The molecule has 0 bridgehead atoms. The van der Waals surface area contributed by atoms with E-state index in [-0.39, 0.29) is 5.91 Å². The van der Waals surface area contributed by atoms with Crippen molar-refractivity contribution in [3.05, 3.63) is 16.0 Å². The summed E-state index contributed by atoms with van der Waals surface area (Å²) in [7, 11) is 1.35. The number of hydrogen-bond donors (Lipinski definition) is 1. The second-order valence-electron chi connectivity index (χ2n) is 4.51. The van der Waals surface area contributed by atoms with Gasteiger partial charge in [0.05, 0.1) is 12.7 Å². The van der Waals surface area contributed by atoms with Crippen molar-refractivity contribution in [3.63, 3.8) is 0 Å². The molecule has 0 unspecified atom stereocenters. The molecule has 2 rings (SSSR count). The Kier molecular flexibility index (Phi) is 4.47. The summed E-state index contributed by atoms with van der Waals surface area (Å²) in [6, 6.07) is 0. The zero-order chi connectivity index (χ0) is 14.0. The predicted octanol–water partition coefficient (Wildman–Crippen LogP) is 2.98. The van der Waals surface area contributed by atoms with E-state index in [0.29, 0.717) is 10.6 Å². The molecule has 1 aromatic heterocycles. The molecule has 19 heavy (non-hydrogen) atoms. The Labute approximate surface area is 121 Å². The van der Waals surface area contributed by atoms with Crippen LogP contribution in [0.4, 0.5) is 5.00 Å². The molecule has 0 saturated carbocycles. The molecule has 1 aliphatic carbocycles. The van der Waals surface area contributed by atoms with Crippen LogP contribution in [0.3, 0.4) is 0 Å². The van der Waals surface area contributed by atoms with Crippen LogP contribution in [0.2, 0.25) is 0 Å². The molecular formula is C13H16ClNO3S. The van der Waals surface area contributed by atoms with E-state index in [4.69, 9.17) is 16.3 Å². The van der Waals surface area contributed by atoms with Crippen LogP contribution in [-0.4, -0.2) is 24.4 Å². The van der Waals surface area contributed by atoms with Crippen LogP contribution >= 0.6 is 22.9 Å². The topological polar surface area (TPSA) is 55.4 Å². The standard InChI is InChI=1S/C13H16ClNO3S/c1-7(14)11(16)15-12-10(13(17)18-2)8-5-3-4-6-9(8)19-12/h7H,3-6H2,1-2H3,(H,15,16)/t7-/m1/s1. The lowest BCUT2D eigenvalue weighted by Gasteiger charge is -2.11. The van der Waals surface area contributed by atoms with E-state index >= 15 is 0 Å². The highest BCUT2D eigenvalue weighted by molar-refractivity contribution is 7.17. The van der Waals surface area contributed by atoms with Crippen molar-refractivity contribution >= 4 is 39.8 Å². The fourth-order valence-corrected chi connectivity index (χ4v) is 3.52. The molecule has 1 heterocycles. The van der Waals surface area contributed by atoms with Crippen LogP contribution in [0.25, 0.3) is 0 Å². The van der Waals surface area contributed by atoms with Crippen molar-refractivity contribution in [2.75, 3.05) is 12.4 Å². The van der Waals surface area contributed by atoms with Crippen molar-refractivity contribution in [1.82, 2.24) is 0 Å². The molecule has 1 amide bonds. The van der Waals surface area contributed by atoms with Crippen LogP contribution in [0.15, 0.2) is 0 Å². The second-order valence-corrected chi connectivity index (χ2v) is 6.27. The highest BCUT2D eigenvalue weighted by atomic mass is 35.5. The molecule has 0 radical (unpaired) electrons. The average molecular weight is 302 g/mol. The Morgan fingerprint density at radius 1 is 1.37 bits per heavy atom. The first kappa shape index (κ1) is 14.3. The first-order valence-electron chi connectivity index (χ1n) is 6.22. The number of fused-ring (bicyclic) bond motifs is 1. The number of anilines is 1. The van der Waals surface area contributed by atoms with Crippen LogP contribution in [0.5, 0.6) is 0 Å². The minimum atomic E-state index is -0.635. The maximum atomic E-state index is 11.9. The molecule has 1 N–H and O–H groups in total. The van der Waals surface area contributed by atoms with Crippen LogP contribution in [-0.2, 0) is 22.4 Å². The summed E-state index contributed by atoms with van der Waals surface area (Å²) < 4.78 is 4.83. The number of halogens is 1. The molecule has 0 aromatic carbocycles. The number of rotatable bonds is 3. The lowest BCUT2D eigenvalue weighted by atomic mass is 9.95. The van der Waals surface area contributed by atoms with Crippen LogP contribution in [0.1, 0.15) is 40.6 Å². The zero-order valence-corrected chi connectivity index (χ0v) is 12.5.